The van der Waals surface area contributed by atoms with Crippen molar-refractivity contribution in [2.24, 2.45) is 0 Å². The molecule has 0 saturated carbocycles. The molecular formula is C21H20N8O4S. The minimum Gasteiger partial charge on any atom is -0.504 e. The fourth-order valence-electron chi connectivity index (χ4n) is 2.91. The molecule has 0 radical (unpaired) electrons. The zero-order valence-electron chi connectivity index (χ0n) is 17.9. The summed E-state index contributed by atoms with van der Waals surface area (Å²) in [6, 6.07) is 14.3. The molecule has 1 amide bonds. The molecular weight excluding hydrogens is 460 g/mol. The Labute approximate surface area is 197 Å². The largest absolute Gasteiger partial charge is 0.504 e. The predicted molar refractivity (Wildman–Crippen MR) is 124 cm³/mol. The first-order valence-electron chi connectivity index (χ1n) is 9.81. The number of hydrazine groups is 1. The Hall–Kier alpha value is -4.52. The first kappa shape index (κ1) is 22.7. The lowest BCUT2D eigenvalue weighted by atomic mass is 10.1. The van der Waals surface area contributed by atoms with Crippen LogP contribution in [0.2, 0.25) is 0 Å². The van der Waals surface area contributed by atoms with Crippen molar-refractivity contribution < 1.29 is 19.3 Å². The van der Waals surface area contributed by atoms with E-state index in [1.807, 2.05) is 30.3 Å². The van der Waals surface area contributed by atoms with E-state index in [9.17, 15) is 9.90 Å². The molecule has 2 aromatic heterocycles. The maximum absolute atomic E-state index is 13.0. The van der Waals surface area contributed by atoms with Gasteiger partial charge in [-0.05, 0) is 40.6 Å². The van der Waals surface area contributed by atoms with Gasteiger partial charge >= 0.3 is 0 Å². The second-order valence-electron chi connectivity index (χ2n) is 6.82. The molecule has 0 spiro atoms. The third-order valence-corrected chi connectivity index (χ3v) is 5.67. The summed E-state index contributed by atoms with van der Waals surface area (Å²) in [7, 11) is 1.44. The van der Waals surface area contributed by atoms with Crippen molar-refractivity contribution in [1.82, 2.24) is 36.2 Å². The van der Waals surface area contributed by atoms with Crippen LogP contribution in [-0.4, -0.2) is 43.4 Å². The standard InChI is InChI=1S/C21H20N8O4S/c1-12(13-8-9-16(30)17(10-13)32-2)23-25-21(31)18-15(11-34-14-6-4-3-5-7-14)29(28-24-18)20-19(22)26-33-27-20/h3-10,23,30H,1,11H2,2H3,(H2,22,26)(H,25,31). The second kappa shape index (κ2) is 9.95. The van der Waals surface area contributed by atoms with E-state index in [0.29, 0.717) is 22.7 Å². The Morgan fingerprint density at radius 2 is 2.03 bits per heavy atom. The van der Waals surface area contributed by atoms with Gasteiger partial charge in [0.2, 0.25) is 11.6 Å². The highest BCUT2D eigenvalue weighted by atomic mass is 32.2. The molecule has 0 aliphatic carbocycles. The molecule has 0 atom stereocenters. The van der Waals surface area contributed by atoms with Crippen molar-refractivity contribution in [3.63, 3.8) is 0 Å². The van der Waals surface area contributed by atoms with Crippen LogP contribution in [0.4, 0.5) is 5.82 Å². The number of ether oxygens (including phenoxy) is 1. The monoisotopic (exact) mass is 480 g/mol. The van der Waals surface area contributed by atoms with Crippen LogP contribution in [0.1, 0.15) is 21.7 Å². The summed E-state index contributed by atoms with van der Waals surface area (Å²) in [5.41, 5.74) is 12.6. The van der Waals surface area contributed by atoms with Crippen molar-refractivity contribution >= 4 is 29.2 Å². The van der Waals surface area contributed by atoms with Crippen molar-refractivity contribution in [2.75, 3.05) is 12.8 Å². The van der Waals surface area contributed by atoms with Gasteiger partial charge in [-0.1, -0.05) is 30.0 Å². The van der Waals surface area contributed by atoms with E-state index in [4.69, 9.17) is 10.5 Å². The maximum Gasteiger partial charge on any atom is 0.292 e. The average molecular weight is 481 g/mol. The number of carbonyl (C=O) groups is 1. The first-order valence-corrected chi connectivity index (χ1v) is 10.8. The number of hydrogen-bond acceptors (Lipinski definition) is 11. The molecule has 5 N–H and O–H groups in total. The quantitative estimate of drug-likeness (QED) is 0.205. The molecule has 0 aliphatic heterocycles. The van der Waals surface area contributed by atoms with Crippen LogP contribution in [0, 0.1) is 0 Å². The Kier molecular flexibility index (Phi) is 6.64. The highest BCUT2D eigenvalue weighted by Crippen LogP contribution is 2.28. The normalized spacial score (nSPS) is 10.6. The lowest BCUT2D eigenvalue weighted by Gasteiger charge is -2.12. The topological polar surface area (TPSA) is 166 Å². The lowest BCUT2D eigenvalue weighted by Crippen LogP contribution is -2.36. The number of phenolic OH excluding ortho intramolecular Hbond substituents is 1. The summed E-state index contributed by atoms with van der Waals surface area (Å²) in [4.78, 5) is 13.9. The molecule has 2 aromatic carbocycles. The highest BCUT2D eigenvalue weighted by Gasteiger charge is 2.24. The molecule has 4 aromatic rings. The molecule has 2 heterocycles. The van der Waals surface area contributed by atoms with E-state index >= 15 is 0 Å². The number of rotatable bonds is 9. The zero-order chi connectivity index (χ0) is 24.1. The van der Waals surface area contributed by atoms with Crippen LogP contribution in [0.15, 0.2) is 64.6 Å². The summed E-state index contributed by atoms with van der Waals surface area (Å²) in [6.07, 6.45) is 0. The lowest BCUT2D eigenvalue weighted by molar-refractivity contribution is 0.0936. The van der Waals surface area contributed by atoms with Gasteiger partial charge in [0, 0.05) is 16.2 Å². The minimum atomic E-state index is -0.558. The number of anilines is 1. The van der Waals surface area contributed by atoms with Crippen LogP contribution in [-0.2, 0) is 5.75 Å². The molecule has 12 nitrogen and oxygen atoms in total. The molecule has 0 bridgehead atoms. The van der Waals surface area contributed by atoms with Crippen LogP contribution in [0.5, 0.6) is 11.5 Å². The Balaban J connectivity index is 1.54. The van der Waals surface area contributed by atoms with Crippen LogP contribution >= 0.6 is 11.8 Å². The number of phenols is 1. The third-order valence-electron chi connectivity index (χ3n) is 4.65. The van der Waals surface area contributed by atoms with Gasteiger partial charge in [0.25, 0.3) is 5.91 Å². The zero-order valence-corrected chi connectivity index (χ0v) is 18.7. The molecule has 34 heavy (non-hydrogen) atoms. The van der Waals surface area contributed by atoms with Gasteiger partial charge in [-0.25, -0.2) is 4.63 Å². The Morgan fingerprint density at radius 1 is 1.24 bits per heavy atom. The van der Waals surface area contributed by atoms with Gasteiger partial charge in [0.05, 0.1) is 18.5 Å². The molecule has 13 heteroatoms. The number of nitrogen functional groups attached to an aromatic ring is 1. The van der Waals surface area contributed by atoms with E-state index < -0.39 is 5.91 Å². The average Bonchev–Trinajstić information content (AvgIpc) is 3.47. The predicted octanol–water partition coefficient (Wildman–Crippen LogP) is 2.14. The summed E-state index contributed by atoms with van der Waals surface area (Å²) >= 11 is 1.48. The van der Waals surface area contributed by atoms with Crippen molar-refractivity contribution in [2.45, 2.75) is 10.6 Å². The third kappa shape index (κ3) is 4.78. The fraction of sp³-hybridized carbons (Fsp3) is 0.0952. The number of amides is 1. The van der Waals surface area contributed by atoms with Gasteiger partial charge in [0.1, 0.15) is 0 Å². The van der Waals surface area contributed by atoms with E-state index in [1.54, 1.807) is 12.1 Å². The molecule has 174 valence electrons. The molecule has 0 unspecified atom stereocenters. The summed E-state index contributed by atoms with van der Waals surface area (Å²) in [5.74, 6) is 0.175. The van der Waals surface area contributed by atoms with E-state index in [2.05, 4.69) is 42.7 Å². The smallest absolute Gasteiger partial charge is 0.292 e. The SMILES string of the molecule is C=C(NNC(=O)c1nnn(-c2nonc2N)c1CSc1ccccc1)c1ccc(O)c(OC)c1. The number of hydrogen-bond donors (Lipinski definition) is 4. The van der Waals surface area contributed by atoms with Gasteiger partial charge in [-0.2, -0.15) is 4.68 Å². The van der Waals surface area contributed by atoms with E-state index in [0.717, 1.165) is 4.90 Å². The number of thioether (sulfide) groups is 1. The van der Waals surface area contributed by atoms with Crippen molar-refractivity contribution in [1.29, 1.82) is 0 Å². The van der Waals surface area contributed by atoms with Crippen molar-refractivity contribution in [3.8, 4) is 17.3 Å². The van der Waals surface area contributed by atoms with Gasteiger partial charge < -0.3 is 15.6 Å². The number of aromatic nitrogens is 5. The van der Waals surface area contributed by atoms with E-state index in [1.165, 1.54) is 29.6 Å². The Morgan fingerprint density at radius 3 is 2.74 bits per heavy atom. The molecule has 0 fully saturated rings. The number of benzene rings is 2. The Bertz CT molecular complexity index is 1320. The summed E-state index contributed by atoms with van der Waals surface area (Å²) < 4.78 is 11.1. The highest BCUT2D eigenvalue weighted by molar-refractivity contribution is 7.98. The van der Waals surface area contributed by atoms with Crippen LogP contribution < -0.4 is 21.3 Å². The summed E-state index contributed by atoms with van der Waals surface area (Å²) in [5, 5.41) is 25.1. The molecule has 0 saturated heterocycles. The maximum atomic E-state index is 13.0. The number of nitrogens with two attached hydrogens (primary N) is 1. The van der Waals surface area contributed by atoms with E-state index in [-0.39, 0.29) is 28.8 Å². The number of aromatic hydroxyl groups is 1. The molecule has 0 aliphatic rings. The molecule has 4 rings (SSSR count). The minimum absolute atomic E-state index is 0.00981. The first-order chi connectivity index (χ1) is 16.5. The number of nitrogens with one attached hydrogen (secondary N) is 2. The van der Waals surface area contributed by atoms with Gasteiger partial charge in [-0.15, -0.1) is 16.9 Å². The fourth-order valence-corrected chi connectivity index (χ4v) is 3.82. The number of carbonyl (C=O) groups excluding carboxylic acids is 1. The summed E-state index contributed by atoms with van der Waals surface area (Å²) in [6.45, 7) is 3.90. The van der Waals surface area contributed by atoms with Crippen LogP contribution in [0.25, 0.3) is 11.5 Å². The second-order valence-corrected chi connectivity index (χ2v) is 7.86. The van der Waals surface area contributed by atoms with Crippen LogP contribution in [0.3, 0.4) is 0 Å². The number of methoxy groups -OCH3 is 1. The number of nitrogens with zero attached hydrogens (tertiary/aromatic N) is 5. The van der Waals surface area contributed by atoms with Gasteiger partial charge in [-0.3, -0.25) is 15.6 Å². The van der Waals surface area contributed by atoms with Crippen molar-refractivity contribution in [3.05, 3.63) is 72.1 Å². The van der Waals surface area contributed by atoms with Gasteiger partial charge in [0.15, 0.2) is 17.2 Å².